The van der Waals surface area contributed by atoms with E-state index in [1.54, 1.807) is 89.5 Å². The summed E-state index contributed by atoms with van der Waals surface area (Å²) in [6, 6.07) is 33.6. The van der Waals surface area contributed by atoms with E-state index in [0.717, 1.165) is 214 Å². The molecule has 4 aliphatic heterocycles. The van der Waals surface area contributed by atoms with E-state index < -0.39 is 5.97 Å². The van der Waals surface area contributed by atoms with Crippen molar-refractivity contribution in [3.05, 3.63) is 233 Å². The van der Waals surface area contributed by atoms with E-state index in [0.29, 0.717) is 90.8 Å². The van der Waals surface area contributed by atoms with Crippen LogP contribution < -0.4 is 68.3 Å². The SMILES string of the molecule is CC(=O)c1c(C)c2cnc(Nc3ccc(N4CCN(c5ccc(C(=O)O)cc5)CC4)cn3)nc2n(C2CCCC2)c1=O.CC(=O)c1c(C)c2cnc(Nc3ccc(N4CCNCC4)cn3)nc2n(C2CCCC2)c1=O.COC(=O)c1ccc(C)cc1.COC(=O)c1ccc(N2CCN(c3ccc(Nc4ncc5c(C)c(C(C)=O)c(=O)n(C6CCCC6)c5n4)nc3)CC2)cc1.NOC1CCCCO1. The van der Waals surface area contributed by atoms with E-state index >= 15 is 0 Å². The average Bonchev–Trinajstić information content (AvgIpc) is 1.66. The van der Waals surface area contributed by atoms with Gasteiger partial charge in [-0.3, -0.25) is 47.3 Å². The molecule has 0 bridgehead atoms. The maximum Gasteiger partial charge on any atom is 0.337 e. The van der Waals surface area contributed by atoms with Gasteiger partial charge in [-0.2, -0.15) is 15.0 Å². The first-order valence-corrected chi connectivity index (χ1v) is 46.9. The van der Waals surface area contributed by atoms with Crippen LogP contribution in [-0.2, 0) is 19.0 Å². The third-order valence-electron chi connectivity index (χ3n) is 26.4. The Morgan fingerprint density at radius 2 is 0.686 bits per heavy atom. The Morgan fingerprint density at radius 1 is 0.387 bits per heavy atom. The lowest BCUT2D eigenvalue weighted by atomic mass is 10.0. The van der Waals surface area contributed by atoms with Gasteiger partial charge in [0.15, 0.2) is 23.6 Å². The highest BCUT2D eigenvalue weighted by atomic mass is 16.7. The quantitative estimate of drug-likeness (QED) is 0.0221. The van der Waals surface area contributed by atoms with Crippen molar-refractivity contribution in [1.82, 2.24) is 63.9 Å². The number of aromatic carboxylic acids is 1. The van der Waals surface area contributed by atoms with Crippen molar-refractivity contribution in [2.45, 2.75) is 169 Å². The smallest absolute Gasteiger partial charge is 0.337 e. The summed E-state index contributed by atoms with van der Waals surface area (Å²) in [5, 5.41) is 24.2. The van der Waals surface area contributed by atoms with Crippen molar-refractivity contribution in [2.24, 2.45) is 5.90 Å². The minimum Gasteiger partial charge on any atom is -0.478 e. The Bertz CT molecular complexity index is 6520. The number of methoxy groups -OCH3 is 2. The molecule has 0 spiro atoms. The van der Waals surface area contributed by atoms with E-state index in [2.05, 4.69) is 85.2 Å². The van der Waals surface area contributed by atoms with E-state index in [9.17, 15) is 43.2 Å². The molecule has 137 heavy (non-hydrogen) atoms. The molecule has 7 N–H and O–H groups in total. The molecular weight excluding hydrogens is 1750 g/mol. The van der Waals surface area contributed by atoms with Gasteiger partial charge in [0.2, 0.25) is 17.8 Å². The van der Waals surface area contributed by atoms with E-state index in [1.165, 1.54) is 41.4 Å². The van der Waals surface area contributed by atoms with Gasteiger partial charge in [-0.05, 0) is 214 Å². The molecule has 3 saturated carbocycles. The minimum atomic E-state index is -0.924. The van der Waals surface area contributed by atoms with Crippen LogP contribution in [0.15, 0.2) is 161 Å². The lowest BCUT2D eigenvalue weighted by molar-refractivity contribution is -0.164. The minimum absolute atomic E-state index is 0.0171. The number of hydrogen-bond acceptors (Lipinski definition) is 32. The first kappa shape index (κ1) is 97.2. The predicted octanol–water partition coefficient (Wildman–Crippen LogP) is 14.4. The molecule has 4 saturated heterocycles. The number of hydrogen-bond donors (Lipinski definition) is 6. The fourth-order valence-electron chi connectivity index (χ4n) is 18.9. The molecule has 7 fully saturated rings. The van der Waals surface area contributed by atoms with Crippen LogP contribution in [-0.4, -0.2) is 205 Å². The van der Waals surface area contributed by atoms with Gasteiger partial charge in [0.1, 0.15) is 34.4 Å². The van der Waals surface area contributed by atoms with Gasteiger partial charge in [0, 0.05) is 156 Å². The van der Waals surface area contributed by atoms with Gasteiger partial charge in [0.25, 0.3) is 16.7 Å². The maximum absolute atomic E-state index is 13.5. The number of fused-ring (bicyclic) bond motifs is 3. The fourth-order valence-corrected chi connectivity index (χ4v) is 18.9. The zero-order valence-corrected chi connectivity index (χ0v) is 78.9. The van der Waals surface area contributed by atoms with Crippen molar-refractivity contribution < 1.29 is 52.9 Å². The van der Waals surface area contributed by atoms with Crippen LogP contribution in [0.3, 0.4) is 0 Å². The number of nitrogens with two attached hydrogens (primary N) is 1. The summed E-state index contributed by atoms with van der Waals surface area (Å²) in [6.07, 6.45) is 25.4. The standard InChI is InChI=1S/C32H35N7O4.C31H33N7O4.C24H29N7O2.C9H10O2.C5H11NO2/c1-20-26-19-34-32(36-29(26)39(24-6-4-5-7-24)30(41)28(20)21(2)40)35-27-13-12-25(18-33-27)38-16-14-37(15-17-38)23-10-8-22(9-11-23)31(42)43-3;1-19-25-18-33-31(35-28(25)38(23-5-3-4-6-23)29(40)27(19)20(2)39)34-26-12-11-24(17-32-26)37-15-13-36(14-16-37)22-9-7-21(8-10-22)30(41)42;1-15-19-14-27-24(28-20-8-7-18(13-26-20)30-11-9-25-10-12-30)29-22(19)31(17-5-3-4-6-17)23(33)21(15)16(2)32;1-7-3-5-8(6-4-7)9(10)11-2;6-8-5-3-1-2-4-7-5/h8-13,18-19,24H,4-7,14-17H2,1-3H3,(H,33,34,35,36);7-12,17-18,23H,3-6,13-16H2,1-2H3,(H,41,42)(H,32,33,34,35);7-8,13-14,17,25H,3-6,9-12H2,1-2H3,(H,26,27,28,29);3-6H,1-2H3;5H,1-4,6H2. The molecule has 0 amide bonds. The van der Waals surface area contributed by atoms with Crippen LogP contribution in [0.5, 0.6) is 0 Å². The van der Waals surface area contributed by atoms with E-state index in [1.807, 2.05) is 98.3 Å². The second-order valence-electron chi connectivity index (χ2n) is 35.2. The number of Topliss-reactive ketones (excluding diaryl/α,β-unsaturated/α-hetero) is 3. The summed E-state index contributed by atoms with van der Waals surface area (Å²) in [5.74, 6) is 5.52. The van der Waals surface area contributed by atoms with Gasteiger partial charge >= 0.3 is 17.9 Å². The number of benzene rings is 3. The Kier molecular flexibility index (Phi) is 31.8. The van der Waals surface area contributed by atoms with Gasteiger partial charge in [-0.1, -0.05) is 56.2 Å². The molecular formula is C101H118N22O14. The number of esters is 2. The second kappa shape index (κ2) is 44.9. The number of ketones is 3. The van der Waals surface area contributed by atoms with Crippen molar-refractivity contribution in [3.63, 3.8) is 0 Å². The fraction of sp³-hybridized carbons (Fsp3) is 0.406. The summed E-state index contributed by atoms with van der Waals surface area (Å²) in [7, 11) is 2.76. The summed E-state index contributed by atoms with van der Waals surface area (Å²) in [4.78, 5) is 168. The average molecular weight is 1860 g/mol. The van der Waals surface area contributed by atoms with Crippen molar-refractivity contribution in [3.8, 4) is 0 Å². The van der Waals surface area contributed by atoms with Crippen LogP contribution in [0, 0.1) is 27.7 Å². The Balaban J connectivity index is 0.000000143. The largest absolute Gasteiger partial charge is 0.478 e. The summed E-state index contributed by atoms with van der Waals surface area (Å²) in [5.41, 5.74) is 11.2. The predicted molar refractivity (Wildman–Crippen MR) is 527 cm³/mol. The Hall–Kier alpha value is -14.4. The summed E-state index contributed by atoms with van der Waals surface area (Å²) in [6.45, 7) is 22.9. The van der Waals surface area contributed by atoms with Crippen LogP contribution >= 0.6 is 0 Å². The number of aromatic nitrogens is 12. The highest BCUT2D eigenvalue weighted by Crippen LogP contribution is 2.37. The third kappa shape index (κ3) is 22.9. The molecule has 716 valence electrons. The summed E-state index contributed by atoms with van der Waals surface area (Å²) >= 11 is 0. The van der Waals surface area contributed by atoms with Gasteiger partial charge in [0.05, 0.1) is 83.3 Å². The molecule has 13 heterocycles. The zero-order chi connectivity index (χ0) is 96.5. The number of carbonyl (C=O) groups excluding carboxylic acids is 5. The molecule has 1 atom stereocenters. The van der Waals surface area contributed by atoms with Gasteiger partial charge in [-0.15, -0.1) is 0 Å². The monoisotopic (exact) mass is 1860 g/mol. The number of aryl methyl sites for hydroxylation is 4. The molecule has 0 radical (unpaired) electrons. The lowest BCUT2D eigenvalue weighted by Crippen LogP contribution is -2.46. The van der Waals surface area contributed by atoms with Gasteiger partial charge in [-0.25, -0.2) is 50.2 Å². The second-order valence-corrected chi connectivity index (χ2v) is 35.2. The van der Waals surface area contributed by atoms with Gasteiger partial charge < -0.3 is 65.1 Å². The number of piperazine rings is 3. The topological polar surface area (TPSA) is 432 Å². The molecule has 1 unspecified atom stereocenters. The molecule has 9 aromatic heterocycles. The third-order valence-corrected chi connectivity index (χ3v) is 26.4. The van der Waals surface area contributed by atoms with Crippen molar-refractivity contribution in [1.29, 1.82) is 0 Å². The number of nitrogens with zero attached hydrogens (tertiary/aromatic N) is 17. The number of anilines is 11. The van der Waals surface area contributed by atoms with Crippen LogP contribution in [0.25, 0.3) is 33.1 Å². The normalized spacial score (nSPS) is 16.3. The van der Waals surface area contributed by atoms with Crippen molar-refractivity contribution >= 4 is 132 Å². The number of rotatable bonds is 21. The number of pyridine rings is 6. The van der Waals surface area contributed by atoms with Crippen molar-refractivity contribution in [2.75, 3.05) is 140 Å². The Labute approximate surface area is 792 Å². The molecule has 3 aliphatic carbocycles. The number of carboxylic acid groups (broad SMARTS) is 1. The van der Waals surface area contributed by atoms with Crippen LogP contribution in [0.2, 0.25) is 0 Å². The highest BCUT2D eigenvalue weighted by Gasteiger charge is 2.32. The lowest BCUT2D eigenvalue weighted by Gasteiger charge is -2.37. The number of carbonyl (C=O) groups is 6. The number of nitrogens with one attached hydrogen (secondary N) is 4. The molecule has 7 aliphatic rings. The molecule has 3 aromatic carbocycles. The maximum atomic E-state index is 13.5. The molecule has 36 nitrogen and oxygen atoms in total. The highest BCUT2D eigenvalue weighted by molar-refractivity contribution is 6.02. The number of carboxylic acids is 1. The summed E-state index contributed by atoms with van der Waals surface area (Å²) < 4.78 is 19.5. The number of ether oxygens (including phenoxy) is 3. The first-order valence-electron chi connectivity index (χ1n) is 46.9. The van der Waals surface area contributed by atoms with E-state index in [4.69, 9.17) is 35.4 Å². The van der Waals surface area contributed by atoms with Crippen LogP contribution in [0.4, 0.5) is 63.7 Å². The molecule has 19 rings (SSSR count). The Morgan fingerprint density at radius 3 is 0.964 bits per heavy atom. The van der Waals surface area contributed by atoms with E-state index in [-0.39, 0.29) is 92.6 Å². The molecule has 36 heteroatoms. The first-order chi connectivity index (χ1) is 66.3. The zero-order valence-electron chi connectivity index (χ0n) is 78.9. The van der Waals surface area contributed by atoms with Crippen LogP contribution in [0.1, 0.15) is 220 Å². The molecule has 12 aromatic rings.